The van der Waals surface area contributed by atoms with Gasteiger partial charge in [-0.25, -0.2) is 4.79 Å². The molecule has 6 heteroatoms. The lowest BCUT2D eigenvalue weighted by molar-refractivity contribution is -0.138. The maximum absolute atomic E-state index is 13.2. The molecular weight excluding hydrogens is 397 g/mol. The molecule has 4 nitrogen and oxygen atoms in total. The van der Waals surface area contributed by atoms with Crippen LogP contribution in [0.5, 0.6) is 0 Å². The van der Waals surface area contributed by atoms with Crippen molar-refractivity contribution in [3.05, 3.63) is 80.5 Å². The smallest absolute Gasteiger partial charge is 0.340 e. The Balaban J connectivity index is 2.13. The number of rotatable bonds is 4. The van der Waals surface area contributed by atoms with Gasteiger partial charge in [0.05, 0.1) is 27.8 Å². The molecular formula is C22H19Cl2NO3. The summed E-state index contributed by atoms with van der Waals surface area (Å²) < 4.78 is 5.19. The monoisotopic (exact) mass is 415 g/mol. The number of allylic oxidation sites excluding steroid dienone is 1. The second-order valence-corrected chi connectivity index (χ2v) is 7.20. The van der Waals surface area contributed by atoms with Gasteiger partial charge in [0.1, 0.15) is 0 Å². The Morgan fingerprint density at radius 2 is 1.75 bits per heavy atom. The van der Waals surface area contributed by atoms with Gasteiger partial charge in [-0.05, 0) is 56.7 Å². The highest BCUT2D eigenvalue weighted by molar-refractivity contribution is 6.42. The van der Waals surface area contributed by atoms with Crippen LogP contribution in [0.15, 0.2) is 59.3 Å². The van der Waals surface area contributed by atoms with Crippen molar-refractivity contribution < 1.29 is 14.3 Å². The summed E-state index contributed by atoms with van der Waals surface area (Å²) in [4.78, 5) is 27.4. The van der Waals surface area contributed by atoms with E-state index in [0.29, 0.717) is 27.0 Å². The summed E-state index contributed by atoms with van der Waals surface area (Å²) in [6.07, 6.45) is 1.63. The minimum Gasteiger partial charge on any atom is -0.462 e. The molecule has 0 unspecified atom stereocenters. The van der Waals surface area contributed by atoms with E-state index < -0.39 is 5.97 Å². The number of carbonyl (C=O) groups is 2. The summed E-state index contributed by atoms with van der Waals surface area (Å²) in [5.41, 5.74) is 3.46. The van der Waals surface area contributed by atoms with E-state index in [1.165, 1.54) is 4.90 Å². The van der Waals surface area contributed by atoms with E-state index in [2.05, 4.69) is 0 Å². The van der Waals surface area contributed by atoms with Gasteiger partial charge in [-0.3, -0.25) is 9.69 Å². The third kappa shape index (κ3) is 3.84. The van der Waals surface area contributed by atoms with Gasteiger partial charge in [0.25, 0.3) is 5.91 Å². The van der Waals surface area contributed by atoms with E-state index in [1.54, 1.807) is 38.1 Å². The largest absolute Gasteiger partial charge is 0.462 e. The van der Waals surface area contributed by atoms with Crippen molar-refractivity contribution in [1.29, 1.82) is 0 Å². The molecule has 3 rings (SSSR count). The van der Waals surface area contributed by atoms with Crippen LogP contribution < -0.4 is 4.90 Å². The van der Waals surface area contributed by atoms with Crippen LogP contribution in [0, 0.1) is 6.92 Å². The highest BCUT2D eigenvalue weighted by Gasteiger charge is 2.38. The highest BCUT2D eigenvalue weighted by atomic mass is 35.5. The van der Waals surface area contributed by atoms with E-state index in [-0.39, 0.29) is 23.7 Å². The zero-order valence-corrected chi connectivity index (χ0v) is 17.3. The molecule has 1 aliphatic rings. The highest BCUT2D eigenvalue weighted by Crippen LogP contribution is 2.36. The van der Waals surface area contributed by atoms with E-state index in [1.807, 2.05) is 31.2 Å². The predicted octanol–water partition coefficient (Wildman–Crippen LogP) is 5.57. The van der Waals surface area contributed by atoms with Crippen molar-refractivity contribution in [2.75, 3.05) is 11.5 Å². The van der Waals surface area contributed by atoms with Gasteiger partial charge in [-0.1, -0.05) is 47.0 Å². The number of amides is 1. The summed E-state index contributed by atoms with van der Waals surface area (Å²) in [5, 5.41) is 0.787. The van der Waals surface area contributed by atoms with Crippen LogP contribution in [-0.4, -0.2) is 18.5 Å². The zero-order chi connectivity index (χ0) is 20.4. The molecule has 1 aliphatic heterocycles. The third-order valence-electron chi connectivity index (χ3n) is 4.43. The number of hydrogen-bond donors (Lipinski definition) is 0. The summed E-state index contributed by atoms with van der Waals surface area (Å²) in [6, 6.07) is 12.6. The van der Waals surface area contributed by atoms with Crippen LogP contribution in [0.25, 0.3) is 6.08 Å². The summed E-state index contributed by atoms with van der Waals surface area (Å²) in [6.45, 7) is 5.65. The Morgan fingerprint density at radius 1 is 1.07 bits per heavy atom. The van der Waals surface area contributed by atoms with Crippen LogP contribution in [0.3, 0.4) is 0 Å². The Hall–Kier alpha value is -2.56. The van der Waals surface area contributed by atoms with Gasteiger partial charge in [-0.15, -0.1) is 0 Å². The lowest BCUT2D eigenvalue weighted by Gasteiger charge is -2.18. The van der Waals surface area contributed by atoms with Gasteiger partial charge < -0.3 is 4.74 Å². The Kier molecular flexibility index (Phi) is 5.92. The number of benzene rings is 2. The molecule has 28 heavy (non-hydrogen) atoms. The molecule has 0 aromatic heterocycles. The number of hydrogen-bond acceptors (Lipinski definition) is 3. The first-order chi connectivity index (χ1) is 13.3. The number of aryl methyl sites for hydroxylation is 1. The SMILES string of the molecule is CCOC(=O)C1=C(C)N(c2ccc(C)cc2)C(=O)/C1=C\c1ccc(Cl)c(Cl)c1. The lowest BCUT2D eigenvalue weighted by atomic mass is 10.0. The number of esters is 1. The first kappa shape index (κ1) is 20.2. The quantitative estimate of drug-likeness (QED) is 0.484. The Bertz CT molecular complexity index is 1010. The number of anilines is 1. The van der Waals surface area contributed by atoms with Gasteiger partial charge in [-0.2, -0.15) is 0 Å². The molecule has 0 saturated carbocycles. The van der Waals surface area contributed by atoms with Crippen molar-refractivity contribution in [3.8, 4) is 0 Å². The maximum Gasteiger partial charge on any atom is 0.340 e. The first-order valence-corrected chi connectivity index (χ1v) is 9.55. The van der Waals surface area contributed by atoms with Crippen molar-refractivity contribution in [2.24, 2.45) is 0 Å². The van der Waals surface area contributed by atoms with Crippen molar-refractivity contribution in [3.63, 3.8) is 0 Å². The minimum atomic E-state index is -0.533. The molecule has 0 aliphatic carbocycles. The number of nitrogens with zero attached hydrogens (tertiary/aromatic N) is 1. The van der Waals surface area contributed by atoms with Crippen LogP contribution in [0.1, 0.15) is 25.0 Å². The van der Waals surface area contributed by atoms with Gasteiger partial charge in [0.15, 0.2) is 0 Å². The normalized spacial score (nSPS) is 15.5. The van der Waals surface area contributed by atoms with E-state index in [9.17, 15) is 9.59 Å². The van der Waals surface area contributed by atoms with Crippen LogP contribution >= 0.6 is 23.2 Å². The molecule has 0 fully saturated rings. The molecule has 2 aromatic carbocycles. The van der Waals surface area contributed by atoms with Crippen LogP contribution in [0.4, 0.5) is 5.69 Å². The van der Waals surface area contributed by atoms with Gasteiger partial charge in [0.2, 0.25) is 0 Å². The number of halogens is 2. The summed E-state index contributed by atoms with van der Waals surface area (Å²) in [5.74, 6) is -0.829. The summed E-state index contributed by atoms with van der Waals surface area (Å²) in [7, 11) is 0. The van der Waals surface area contributed by atoms with Crippen molar-refractivity contribution in [2.45, 2.75) is 20.8 Å². The fraction of sp³-hybridized carbons (Fsp3) is 0.182. The van der Waals surface area contributed by atoms with Gasteiger partial charge in [0, 0.05) is 11.4 Å². The summed E-state index contributed by atoms with van der Waals surface area (Å²) >= 11 is 12.1. The molecule has 144 valence electrons. The standard InChI is InChI=1S/C22H19Cl2NO3/c1-4-28-22(27)20-14(3)25(16-8-5-13(2)6-9-16)21(26)17(20)11-15-7-10-18(23)19(24)12-15/h5-12H,4H2,1-3H3/b17-11-. The molecule has 1 amide bonds. The second-order valence-electron chi connectivity index (χ2n) is 6.39. The Labute approximate surface area is 174 Å². The average molecular weight is 416 g/mol. The molecule has 0 bridgehead atoms. The minimum absolute atomic E-state index is 0.217. The average Bonchev–Trinajstić information content (AvgIpc) is 2.89. The van der Waals surface area contributed by atoms with E-state index in [0.717, 1.165) is 5.56 Å². The van der Waals surface area contributed by atoms with Gasteiger partial charge >= 0.3 is 5.97 Å². The number of ether oxygens (including phenoxy) is 1. The molecule has 0 saturated heterocycles. The van der Waals surface area contributed by atoms with Crippen molar-refractivity contribution in [1.82, 2.24) is 0 Å². The zero-order valence-electron chi connectivity index (χ0n) is 15.8. The fourth-order valence-electron chi connectivity index (χ4n) is 3.05. The molecule has 0 atom stereocenters. The van der Waals surface area contributed by atoms with Crippen LogP contribution in [0.2, 0.25) is 10.0 Å². The van der Waals surface area contributed by atoms with Crippen molar-refractivity contribution >= 4 is 46.8 Å². The maximum atomic E-state index is 13.2. The second kappa shape index (κ2) is 8.21. The molecule has 1 heterocycles. The lowest BCUT2D eigenvalue weighted by Crippen LogP contribution is -2.24. The fourth-order valence-corrected chi connectivity index (χ4v) is 3.36. The van der Waals surface area contributed by atoms with E-state index >= 15 is 0 Å². The number of carbonyl (C=O) groups excluding carboxylic acids is 2. The molecule has 0 spiro atoms. The Morgan fingerprint density at radius 3 is 2.36 bits per heavy atom. The first-order valence-electron chi connectivity index (χ1n) is 8.79. The van der Waals surface area contributed by atoms with E-state index in [4.69, 9.17) is 27.9 Å². The molecule has 0 N–H and O–H groups in total. The third-order valence-corrected chi connectivity index (χ3v) is 5.17. The molecule has 0 radical (unpaired) electrons. The predicted molar refractivity (Wildman–Crippen MR) is 112 cm³/mol. The topological polar surface area (TPSA) is 46.6 Å². The molecule has 2 aromatic rings. The van der Waals surface area contributed by atoms with Crippen LogP contribution in [-0.2, 0) is 14.3 Å².